The summed E-state index contributed by atoms with van der Waals surface area (Å²) in [6, 6.07) is 2.38. The molecule has 116 valence electrons. The summed E-state index contributed by atoms with van der Waals surface area (Å²) in [6.07, 6.45) is 1.18. The molecule has 1 saturated heterocycles. The van der Waals surface area contributed by atoms with Gasteiger partial charge in [0.25, 0.3) is 11.5 Å². The van der Waals surface area contributed by atoms with E-state index < -0.39 is 9.84 Å². The van der Waals surface area contributed by atoms with E-state index in [2.05, 4.69) is 5.10 Å². The maximum atomic E-state index is 12.4. The average molecular weight is 313 g/mol. The van der Waals surface area contributed by atoms with Crippen molar-refractivity contribution in [3.8, 4) is 0 Å². The zero-order chi connectivity index (χ0) is 15.6. The number of rotatable bonds is 4. The summed E-state index contributed by atoms with van der Waals surface area (Å²) in [5, 5.41) is 4.05. The molecule has 0 aromatic carbocycles. The van der Waals surface area contributed by atoms with Crippen LogP contribution in [0.25, 0.3) is 0 Å². The standard InChI is InChI=1S/C13H19N3O4S/c1-3-7-16-12(17)5-4-11(14-16)13(18)15(2)10-6-8-21(19,20)9-10/h4-5,10H,3,6-9H2,1-2H3/t10-/m0/s1. The number of aromatic nitrogens is 2. The van der Waals surface area contributed by atoms with Crippen LogP contribution in [-0.2, 0) is 16.4 Å². The highest BCUT2D eigenvalue weighted by Gasteiger charge is 2.33. The number of carbonyl (C=O) groups excluding carboxylic acids is 1. The van der Waals surface area contributed by atoms with Gasteiger partial charge in [0.2, 0.25) is 0 Å². The van der Waals surface area contributed by atoms with Crippen LogP contribution in [0.1, 0.15) is 30.3 Å². The van der Waals surface area contributed by atoms with Crippen LogP contribution in [0.15, 0.2) is 16.9 Å². The molecule has 1 aliphatic heterocycles. The van der Waals surface area contributed by atoms with E-state index in [4.69, 9.17) is 0 Å². The molecule has 1 aromatic heterocycles. The van der Waals surface area contributed by atoms with Crippen molar-refractivity contribution in [3.63, 3.8) is 0 Å². The Morgan fingerprint density at radius 1 is 1.48 bits per heavy atom. The Kier molecular flexibility index (Phi) is 4.46. The van der Waals surface area contributed by atoms with Gasteiger partial charge in [-0.15, -0.1) is 0 Å². The Bertz CT molecular complexity index is 696. The van der Waals surface area contributed by atoms with Crippen molar-refractivity contribution in [2.45, 2.75) is 32.4 Å². The molecule has 0 unspecified atom stereocenters. The molecule has 0 spiro atoms. The molecule has 1 aliphatic rings. The molecular formula is C13H19N3O4S. The van der Waals surface area contributed by atoms with E-state index in [-0.39, 0.29) is 34.7 Å². The molecule has 1 aromatic rings. The first-order valence-corrected chi connectivity index (χ1v) is 8.72. The van der Waals surface area contributed by atoms with E-state index in [0.29, 0.717) is 13.0 Å². The normalized spacial score (nSPS) is 20.4. The summed E-state index contributed by atoms with van der Waals surface area (Å²) < 4.78 is 24.2. The summed E-state index contributed by atoms with van der Waals surface area (Å²) in [5.74, 6) is -0.260. The third kappa shape index (κ3) is 3.49. The molecule has 0 bridgehead atoms. The van der Waals surface area contributed by atoms with Crippen LogP contribution in [0, 0.1) is 0 Å². The molecular weight excluding hydrogens is 294 g/mol. The molecule has 1 fully saturated rings. The van der Waals surface area contributed by atoms with E-state index in [1.165, 1.54) is 21.7 Å². The molecule has 2 rings (SSSR count). The predicted molar refractivity (Wildman–Crippen MR) is 77.9 cm³/mol. The summed E-state index contributed by atoms with van der Waals surface area (Å²) in [7, 11) is -1.48. The van der Waals surface area contributed by atoms with Gasteiger partial charge in [-0.25, -0.2) is 13.1 Å². The molecule has 1 amide bonds. The second-order valence-corrected chi connectivity index (χ2v) is 7.48. The smallest absolute Gasteiger partial charge is 0.274 e. The summed E-state index contributed by atoms with van der Waals surface area (Å²) in [4.78, 5) is 25.4. The van der Waals surface area contributed by atoms with Gasteiger partial charge in [0.15, 0.2) is 9.84 Å². The van der Waals surface area contributed by atoms with Crippen LogP contribution >= 0.6 is 0 Å². The van der Waals surface area contributed by atoms with Crippen LogP contribution < -0.4 is 5.56 Å². The second kappa shape index (κ2) is 5.97. The Morgan fingerprint density at radius 2 is 2.19 bits per heavy atom. The van der Waals surface area contributed by atoms with Crippen LogP contribution in [0.3, 0.4) is 0 Å². The van der Waals surface area contributed by atoms with Crippen molar-refractivity contribution in [2.75, 3.05) is 18.6 Å². The van der Waals surface area contributed by atoms with Gasteiger partial charge in [0, 0.05) is 25.7 Å². The minimum absolute atomic E-state index is 0.0101. The monoisotopic (exact) mass is 313 g/mol. The highest BCUT2D eigenvalue weighted by molar-refractivity contribution is 7.91. The SMILES string of the molecule is CCCn1nc(C(=O)N(C)[C@H]2CCS(=O)(=O)C2)ccc1=O. The molecule has 0 radical (unpaired) electrons. The van der Waals surface area contributed by atoms with E-state index in [0.717, 1.165) is 6.42 Å². The van der Waals surface area contributed by atoms with Crippen LogP contribution in [-0.4, -0.2) is 53.6 Å². The first-order chi connectivity index (χ1) is 9.84. The lowest BCUT2D eigenvalue weighted by Gasteiger charge is -2.23. The Labute approximate surface area is 123 Å². The lowest BCUT2D eigenvalue weighted by Crippen LogP contribution is -2.39. The van der Waals surface area contributed by atoms with Crippen molar-refractivity contribution >= 4 is 15.7 Å². The first-order valence-electron chi connectivity index (χ1n) is 6.90. The summed E-state index contributed by atoms with van der Waals surface area (Å²) in [5.41, 5.74) is -0.0886. The van der Waals surface area contributed by atoms with E-state index in [1.54, 1.807) is 7.05 Å². The van der Waals surface area contributed by atoms with Crippen LogP contribution in [0.4, 0.5) is 0 Å². The maximum Gasteiger partial charge on any atom is 0.274 e. The van der Waals surface area contributed by atoms with Crippen LogP contribution in [0.2, 0.25) is 0 Å². The minimum Gasteiger partial charge on any atom is -0.336 e. The number of amides is 1. The van der Waals surface area contributed by atoms with Crippen molar-refractivity contribution in [3.05, 3.63) is 28.2 Å². The lowest BCUT2D eigenvalue weighted by molar-refractivity contribution is 0.0738. The number of aryl methyl sites for hydroxylation is 1. The molecule has 0 N–H and O–H groups in total. The number of hydrogen-bond donors (Lipinski definition) is 0. The number of sulfone groups is 1. The summed E-state index contributed by atoms with van der Waals surface area (Å²) >= 11 is 0. The molecule has 0 saturated carbocycles. The molecule has 8 heteroatoms. The van der Waals surface area contributed by atoms with Gasteiger partial charge in [0.05, 0.1) is 11.5 Å². The Balaban J connectivity index is 2.20. The fraction of sp³-hybridized carbons (Fsp3) is 0.615. The van der Waals surface area contributed by atoms with E-state index in [1.807, 2.05) is 6.92 Å². The molecule has 21 heavy (non-hydrogen) atoms. The molecule has 2 heterocycles. The second-order valence-electron chi connectivity index (χ2n) is 5.25. The van der Waals surface area contributed by atoms with Crippen molar-refractivity contribution in [1.29, 1.82) is 0 Å². The zero-order valence-corrected chi connectivity index (χ0v) is 13.0. The minimum atomic E-state index is -3.05. The number of hydrogen-bond acceptors (Lipinski definition) is 5. The highest BCUT2D eigenvalue weighted by Crippen LogP contribution is 2.17. The maximum absolute atomic E-state index is 12.4. The van der Waals surface area contributed by atoms with Crippen molar-refractivity contribution < 1.29 is 13.2 Å². The van der Waals surface area contributed by atoms with Gasteiger partial charge >= 0.3 is 0 Å². The Hall–Kier alpha value is -1.70. The Morgan fingerprint density at radius 3 is 2.76 bits per heavy atom. The zero-order valence-electron chi connectivity index (χ0n) is 12.2. The van der Waals surface area contributed by atoms with Gasteiger partial charge in [0.1, 0.15) is 5.69 Å². The van der Waals surface area contributed by atoms with E-state index >= 15 is 0 Å². The molecule has 1 atom stereocenters. The van der Waals surface area contributed by atoms with Gasteiger partial charge in [-0.2, -0.15) is 5.10 Å². The number of carbonyl (C=O) groups is 1. The average Bonchev–Trinajstić information content (AvgIpc) is 2.80. The lowest BCUT2D eigenvalue weighted by atomic mass is 10.2. The summed E-state index contributed by atoms with van der Waals surface area (Å²) in [6.45, 7) is 2.36. The number of nitrogens with zero attached hydrogens (tertiary/aromatic N) is 3. The highest BCUT2D eigenvalue weighted by atomic mass is 32.2. The molecule has 0 aliphatic carbocycles. The van der Waals surface area contributed by atoms with Crippen molar-refractivity contribution in [2.24, 2.45) is 0 Å². The quantitative estimate of drug-likeness (QED) is 0.775. The fourth-order valence-electron chi connectivity index (χ4n) is 2.36. The largest absolute Gasteiger partial charge is 0.336 e. The fourth-order valence-corrected chi connectivity index (χ4v) is 4.14. The van der Waals surface area contributed by atoms with Gasteiger partial charge < -0.3 is 4.90 Å². The van der Waals surface area contributed by atoms with Crippen LogP contribution in [0.5, 0.6) is 0 Å². The molecule has 7 nitrogen and oxygen atoms in total. The van der Waals surface area contributed by atoms with E-state index in [9.17, 15) is 18.0 Å². The third-order valence-corrected chi connectivity index (χ3v) is 5.35. The third-order valence-electron chi connectivity index (χ3n) is 3.60. The van der Waals surface area contributed by atoms with Crippen molar-refractivity contribution in [1.82, 2.24) is 14.7 Å². The first kappa shape index (κ1) is 15.7. The van der Waals surface area contributed by atoms with Gasteiger partial charge in [-0.05, 0) is 18.9 Å². The topological polar surface area (TPSA) is 89.3 Å². The predicted octanol–water partition coefficient (Wildman–Crippen LogP) is -0.0876. The van der Waals surface area contributed by atoms with Gasteiger partial charge in [-0.1, -0.05) is 6.92 Å². The van der Waals surface area contributed by atoms with Gasteiger partial charge in [-0.3, -0.25) is 9.59 Å².